The Balaban J connectivity index is 1.90. The summed E-state index contributed by atoms with van der Waals surface area (Å²) in [5.74, 6) is -0.266. The lowest BCUT2D eigenvalue weighted by Crippen LogP contribution is -2.22. The van der Waals surface area contributed by atoms with Gasteiger partial charge in [0.2, 0.25) is 10.0 Å². The highest BCUT2D eigenvalue weighted by Gasteiger charge is 2.18. The second-order valence-corrected chi connectivity index (χ2v) is 8.31. The van der Waals surface area contributed by atoms with E-state index in [0.717, 1.165) is 4.31 Å². The SMILES string of the molecule is CN(C)S(=O)(=O)c1ccc(C(=O)OCCOc2c(Cl)cccc2Cl)cc1. The van der Waals surface area contributed by atoms with Gasteiger partial charge in [-0.15, -0.1) is 0 Å². The van der Waals surface area contributed by atoms with Crippen LogP contribution in [0.4, 0.5) is 0 Å². The number of hydrogen-bond donors (Lipinski definition) is 0. The first kappa shape index (κ1) is 20.5. The van der Waals surface area contributed by atoms with Crippen LogP contribution in [0, 0.1) is 0 Å². The topological polar surface area (TPSA) is 72.9 Å². The number of hydrogen-bond acceptors (Lipinski definition) is 5. The average Bonchev–Trinajstić information content (AvgIpc) is 2.60. The lowest BCUT2D eigenvalue weighted by Gasteiger charge is -2.12. The van der Waals surface area contributed by atoms with Crippen molar-refractivity contribution in [1.29, 1.82) is 0 Å². The number of ether oxygens (including phenoxy) is 2. The summed E-state index contributed by atoms with van der Waals surface area (Å²) < 4.78 is 35.6. The number of rotatable bonds is 7. The van der Waals surface area contributed by atoms with E-state index in [0.29, 0.717) is 15.8 Å². The third kappa shape index (κ3) is 4.88. The molecule has 0 spiro atoms. The Bertz CT molecular complexity index is 862. The largest absolute Gasteiger partial charge is 0.487 e. The molecule has 0 fully saturated rings. The molecule has 0 saturated heterocycles. The summed E-state index contributed by atoms with van der Waals surface area (Å²) in [5, 5.41) is 0.725. The molecule has 0 aliphatic rings. The fraction of sp³-hybridized carbons (Fsp3) is 0.235. The molecule has 0 bridgehead atoms. The van der Waals surface area contributed by atoms with Crippen LogP contribution in [0.25, 0.3) is 0 Å². The van der Waals surface area contributed by atoms with Crippen LogP contribution in [0.15, 0.2) is 47.4 Å². The van der Waals surface area contributed by atoms with E-state index in [2.05, 4.69) is 0 Å². The first-order valence-corrected chi connectivity index (χ1v) is 9.69. The van der Waals surface area contributed by atoms with Gasteiger partial charge in [-0.25, -0.2) is 17.5 Å². The normalized spacial score (nSPS) is 11.4. The fourth-order valence-corrected chi connectivity index (χ4v) is 3.36. The van der Waals surface area contributed by atoms with Gasteiger partial charge in [0, 0.05) is 14.1 Å². The summed E-state index contributed by atoms with van der Waals surface area (Å²) in [4.78, 5) is 12.1. The summed E-state index contributed by atoms with van der Waals surface area (Å²) in [6.45, 7) is 0.0560. The maximum Gasteiger partial charge on any atom is 0.338 e. The molecule has 2 rings (SSSR count). The number of carbonyl (C=O) groups excluding carboxylic acids is 1. The van der Waals surface area contributed by atoms with E-state index < -0.39 is 16.0 Å². The predicted molar refractivity (Wildman–Crippen MR) is 99.6 cm³/mol. The molecule has 0 amide bonds. The molecular weight excluding hydrogens is 401 g/mol. The van der Waals surface area contributed by atoms with Crippen LogP contribution >= 0.6 is 23.2 Å². The summed E-state index contributed by atoms with van der Waals surface area (Å²) in [7, 11) is -0.676. The van der Waals surface area contributed by atoms with Gasteiger partial charge in [-0.05, 0) is 36.4 Å². The van der Waals surface area contributed by atoms with Crippen LogP contribution in [0.2, 0.25) is 10.0 Å². The molecule has 0 saturated carbocycles. The van der Waals surface area contributed by atoms with Crippen LogP contribution in [0.1, 0.15) is 10.4 Å². The van der Waals surface area contributed by atoms with Crippen LogP contribution in [0.5, 0.6) is 5.75 Å². The predicted octanol–water partition coefficient (Wildman–Crippen LogP) is 3.48. The third-order valence-electron chi connectivity index (χ3n) is 3.35. The lowest BCUT2D eigenvalue weighted by molar-refractivity contribution is 0.0450. The van der Waals surface area contributed by atoms with E-state index in [-0.39, 0.29) is 23.7 Å². The number of nitrogens with zero attached hydrogens (tertiary/aromatic N) is 1. The van der Waals surface area contributed by atoms with Gasteiger partial charge < -0.3 is 9.47 Å². The molecule has 26 heavy (non-hydrogen) atoms. The Morgan fingerprint density at radius 3 is 2.12 bits per heavy atom. The molecule has 6 nitrogen and oxygen atoms in total. The molecule has 0 unspecified atom stereocenters. The number of benzene rings is 2. The fourth-order valence-electron chi connectivity index (χ4n) is 1.96. The van der Waals surface area contributed by atoms with E-state index in [1.54, 1.807) is 18.2 Å². The van der Waals surface area contributed by atoms with Crippen LogP contribution in [-0.2, 0) is 14.8 Å². The Labute approximate surface area is 162 Å². The maximum atomic E-state index is 12.0. The molecule has 0 heterocycles. The minimum atomic E-state index is -3.54. The minimum absolute atomic E-state index is 0.0157. The molecule has 9 heteroatoms. The van der Waals surface area contributed by atoms with Gasteiger partial charge in [-0.3, -0.25) is 0 Å². The molecule has 2 aromatic rings. The van der Waals surface area contributed by atoms with Crippen molar-refractivity contribution in [1.82, 2.24) is 4.31 Å². The summed E-state index contributed by atoms with van der Waals surface area (Å²) in [5.41, 5.74) is 0.235. The van der Waals surface area contributed by atoms with Crippen LogP contribution < -0.4 is 4.74 Å². The van der Waals surface area contributed by atoms with Gasteiger partial charge in [-0.2, -0.15) is 0 Å². The third-order valence-corrected chi connectivity index (χ3v) is 5.77. The van der Waals surface area contributed by atoms with E-state index in [4.69, 9.17) is 32.7 Å². The zero-order valence-electron chi connectivity index (χ0n) is 14.1. The number of sulfonamides is 1. The van der Waals surface area contributed by atoms with Crippen molar-refractivity contribution in [2.75, 3.05) is 27.3 Å². The van der Waals surface area contributed by atoms with Crippen molar-refractivity contribution in [3.8, 4) is 5.75 Å². The van der Waals surface area contributed by atoms with Crippen molar-refractivity contribution in [2.24, 2.45) is 0 Å². The first-order valence-electron chi connectivity index (χ1n) is 7.50. The van der Waals surface area contributed by atoms with Crippen molar-refractivity contribution in [2.45, 2.75) is 4.90 Å². The summed E-state index contributed by atoms with van der Waals surface area (Å²) in [6, 6.07) is 10.5. The number of carbonyl (C=O) groups is 1. The van der Waals surface area contributed by atoms with Crippen molar-refractivity contribution in [3.63, 3.8) is 0 Å². The summed E-state index contributed by atoms with van der Waals surface area (Å²) in [6.07, 6.45) is 0. The van der Waals surface area contributed by atoms with E-state index in [1.807, 2.05) is 0 Å². The minimum Gasteiger partial charge on any atom is -0.487 e. The number of halogens is 2. The van der Waals surface area contributed by atoms with Gasteiger partial charge in [-0.1, -0.05) is 29.3 Å². The van der Waals surface area contributed by atoms with Crippen molar-refractivity contribution in [3.05, 3.63) is 58.1 Å². The summed E-state index contributed by atoms with van der Waals surface area (Å²) >= 11 is 11.9. The first-order chi connectivity index (χ1) is 12.2. The van der Waals surface area contributed by atoms with Gasteiger partial charge in [0.05, 0.1) is 20.5 Å². The smallest absolute Gasteiger partial charge is 0.338 e. The lowest BCUT2D eigenvalue weighted by atomic mass is 10.2. The van der Waals surface area contributed by atoms with E-state index in [1.165, 1.54) is 38.4 Å². The molecule has 0 N–H and O–H groups in total. The Morgan fingerprint density at radius 2 is 1.58 bits per heavy atom. The second-order valence-electron chi connectivity index (χ2n) is 5.35. The Hall–Kier alpha value is -1.80. The average molecular weight is 418 g/mol. The standard InChI is InChI=1S/C17H17Cl2NO5S/c1-20(2)26(22,23)13-8-6-12(7-9-13)17(21)25-11-10-24-16-14(18)4-3-5-15(16)19/h3-9H,10-11H2,1-2H3. The highest BCUT2D eigenvalue weighted by atomic mass is 35.5. The highest BCUT2D eigenvalue weighted by molar-refractivity contribution is 7.89. The highest BCUT2D eigenvalue weighted by Crippen LogP contribution is 2.32. The quantitative estimate of drug-likeness (QED) is 0.509. The molecule has 0 radical (unpaired) electrons. The zero-order chi connectivity index (χ0) is 19.3. The molecule has 140 valence electrons. The number of para-hydroxylation sites is 1. The maximum absolute atomic E-state index is 12.0. The van der Waals surface area contributed by atoms with Gasteiger partial charge >= 0.3 is 5.97 Å². The van der Waals surface area contributed by atoms with Crippen molar-refractivity contribution >= 4 is 39.2 Å². The Kier molecular flexibility index (Phi) is 6.88. The molecule has 0 aromatic heterocycles. The zero-order valence-corrected chi connectivity index (χ0v) is 16.4. The van der Waals surface area contributed by atoms with E-state index in [9.17, 15) is 13.2 Å². The monoisotopic (exact) mass is 417 g/mol. The van der Waals surface area contributed by atoms with Gasteiger partial charge in [0.15, 0.2) is 5.75 Å². The number of esters is 1. The van der Waals surface area contributed by atoms with Crippen molar-refractivity contribution < 1.29 is 22.7 Å². The van der Waals surface area contributed by atoms with Gasteiger partial charge in [0.25, 0.3) is 0 Å². The van der Waals surface area contributed by atoms with Gasteiger partial charge in [0.1, 0.15) is 13.2 Å². The van der Waals surface area contributed by atoms with Crippen LogP contribution in [-0.4, -0.2) is 46.0 Å². The molecule has 2 aromatic carbocycles. The van der Waals surface area contributed by atoms with Crippen LogP contribution in [0.3, 0.4) is 0 Å². The molecule has 0 aliphatic heterocycles. The Morgan fingerprint density at radius 1 is 1.00 bits per heavy atom. The van der Waals surface area contributed by atoms with E-state index >= 15 is 0 Å². The molecule has 0 aliphatic carbocycles. The molecular formula is C17H17Cl2NO5S. The molecule has 0 atom stereocenters. The second kappa shape index (κ2) is 8.73.